The molecule has 4 aromatic rings. The van der Waals surface area contributed by atoms with E-state index < -0.39 is 0 Å². The number of benzene rings is 2. The van der Waals surface area contributed by atoms with E-state index in [2.05, 4.69) is 5.10 Å². The smallest absolute Gasteiger partial charge is 0.211 e. The van der Waals surface area contributed by atoms with E-state index in [4.69, 9.17) is 14.5 Å². The minimum atomic E-state index is 0.0552. The van der Waals surface area contributed by atoms with Crippen molar-refractivity contribution in [2.75, 3.05) is 14.2 Å². The van der Waals surface area contributed by atoms with Gasteiger partial charge in [-0.1, -0.05) is 29.5 Å². The number of thiazole rings is 1. The van der Waals surface area contributed by atoms with Crippen molar-refractivity contribution in [3.8, 4) is 16.6 Å². The number of ketones is 1. The van der Waals surface area contributed by atoms with E-state index in [1.807, 2.05) is 47.1 Å². The Morgan fingerprint density at radius 3 is 2.69 bits per heavy atom. The van der Waals surface area contributed by atoms with E-state index >= 15 is 0 Å². The number of ether oxygens (including phenoxy) is 2. The molecule has 2 aromatic heterocycles. The lowest BCUT2D eigenvalue weighted by molar-refractivity contribution is 0.0963. The van der Waals surface area contributed by atoms with Gasteiger partial charge in [0, 0.05) is 6.42 Å². The van der Waals surface area contributed by atoms with Crippen LogP contribution in [-0.4, -0.2) is 34.8 Å². The summed E-state index contributed by atoms with van der Waals surface area (Å²) in [5.74, 6) is 1.51. The average Bonchev–Trinajstić information content (AvgIpc) is 3.37. The maximum Gasteiger partial charge on any atom is 0.211 e. The Balaban J connectivity index is 1.54. The lowest BCUT2D eigenvalue weighted by atomic mass is 9.82. The molecule has 1 atom stereocenters. The van der Waals surface area contributed by atoms with Gasteiger partial charge in [-0.25, -0.2) is 9.67 Å². The van der Waals surface area contributed by atoms with Gasteiger partial charge >= 0.3 is 0 Å². The van der Waals surface area contributed by atoms with Crippen molar-refractivity contribution in [2.45, 2.75) is 18.8 Å². The van der Waals surface area contributed by atoms with Gasteiger partial charge in [0.25, 0.3) is 0 Å². The number of carbonyl (C=O) groups excluding carboxylic acids is 1. The number of aromatic nitrogens is 3. The number of nitrogens with zero attached hydrogens (tertiary/aromatic N) is 3. The number of Topliss-reactive ketones (excluding diaryl/α,β-unsaturated/α-hetero) is 1. The molecule has 2 heterocycles. The molecule has 146 valence electrons. The van der Waals surface area contributed by atoms with E-state index in [1.165, 1.54) is 0 Å². The third kappa shape index (κ3) is 2.98. The van der Waals surface area contributed by atoms with Crippen LogP contribution in [0.15, 0.2) is 48.7 Å². The number of hydrogen-bond acceptors (Lipinski definition) is 6. The first-order chi connectivity index (χ1) is 14.2. The molecule has 7 heteroatoms. The van der Waals surface area contributed by atoms with Gasteiger partial charge in [0.15, 0.2) is 17.3 Å². The standard InChI is InChI=1S/C22H19N3O3S/c1-27-19-8-7-13(11-20(19)28-2)14-9-17-15(18(26)10-14)12-23-25(17)22-24-16-5-3-4-6-21(16)29-22/h3-8,11-12,14H,9-10H2,1-2H3/t14-/m1/s1. The zero-order valence-electron chi connectivity index (χ0n) is 16.1. The molecule has 0 saturated heterocycles. The van der Waals surface area contributed by atoms with Crippen LogP contribution >= 0.6 is 11.3 Å². The molecule has 29 heavy (non-hydrogen) atoms. The van der Waals surface area contributed by atoms with E-state index in [9.17, 15) is 4.79 Å². The van der Waals surface area contributed by atoms with Crippen LogP contribution in [0, 0.1) is 0 Å². The second-order valence-corrected chi connectivity index (χ2v) is 8.03. The van der Waals surface area contributed by atoms with Crippen molar-refractivity contribution in [2.24, 2.45) is 0 Å². The molecule has 0 fully saturated rings. The summed E-state index contributed by atoms with van der Waals surface area (Å²) < 4.78 is 13.7. The van der Waals surface area contributed by atoms with Gasteiger partial charge in [-0.3, -0.25) is 4.79 Å². The lowest BCUT2D eigenvalue weighted by Crippen LogP contribution is -2.20. The van der Waals surface area contributed by atoms with E-state index in [1.54, 1.807) is 31.8 Å². The fraction of sp³-hybridized carbons (Fsp3) is 0.227. The first-order valence-electron chi connectivity index (χ1n) is 9.36. The Bertz CT molecular complexity index is 1190. The van der Waals surface area contributed by atoms with Crippen LogP contribution < -0.4 is 9.47 Å². The van der Waals surface area contributed by atoms with E-state index in [0.29, 0.717) is 29.9 Å². The van der Waals surface area contributed by atoms with Crippen molar-refractivity contribution >= 4 is 27.3 Å². The Morgan fingerprint density at radius 2 is 1.90 bits per heavy atom. The third-order valence-corrected chi connectivity index (χ3v) is 6.40. The number of fused-ring (bicyclic) bond motifs is 2. The van der Waals surface area contributed by atoms with Gasteiger partial charge < -0.3 is 9.47 Å². The largest absolute Gasteiger partial charge is 0.493 e. The molecule has 0 N–H and O–H groups in total. The predicted octanol–water partition coefficient (Wildman–Crippen LogP) is 4.41. The topological polar surface area (TPSA) is 66.2 Å². The summed E-state index contributed by atoms with van der Waals surface area (Å²) in [7, 11) is 3.23. The molecule has 0 aliphatic heterocycles. The summed E-state index contributed by atoms with van der Waals surface area (Å²) in [6.45, 7) is 0. The molecule has 0 bridgehead atoms. The van der Waals surface area contributed by atoms with Crippen molar-refractivity contribution in [3.63, 3.8) is 0 Å². The van der Waals surface area contributed by atoms with Gasteiger partial charge in [-0.2, -0.15) is 5.10 Å². The van der Waals surface area contributed by atoms with Crippen LogP contribution in [0.2, 0.25) is 0 Å². The quantitative estimate of drug-likeness (QED) is 0.503. The van der Waals surface area contributed by atoms with Gasteiger partial charge in [-0.15, -0.1) is 0 Å². The molecule has 1 aliphatic rings. The Labute approximate surface area is 171 Å². The number of hydrogen-bond donors (Lipinski definition) is 0. The molecule has 5 rings (SSSR count). The van der Waals surface area contributed by atoms with E-state index in [0.717, 1.165) is 26.6 Å². The first kappa shape index (κ1) is 17.9. The Kier molecular flexibility index (Phi) is 4.32. The zero-order chi connectivity index (χ0) is 20.0. The highest BCUT2D eigenvalue weighted by Crippen LogP contribution is 2.38. The number of carbonyl (C=O) groups is 1. The molecule has 0 spiro atoms. The minimum absolute atomic E-state index is 0.0552. The minimum Gasteiger partial charge on any atom is -0.493 e. The highest BCUT2D eigenvalue weighted by Gasteiger charge is 2.31. The summed E-state index contributed by atoms with van der Waals surface area (Å²) in [6, 6.07) is 13.9. The Morgan fingerprint density at radius 1 is 1.07 bits per heavy atom. The van der Waals surface area contributed by atoms with Gasteiger partial charge in [0.05, 0.1) is 41.9 Å². The van der Waals surface area contributed by atoms with Crippen LogP contribution in [0.3, 0.4) is 0 Å². The first-order valence-corrected chi connectivity index (χ1v) is 10.2. The predicted molar refractivity (Wildman–Crippen MR) is 112 cm³/mol. The molecule has 6 nitrogen and oxygen atoms in total. The van der Waals surface area contributed by atoms with Crippen molar-refractivity contribution in [1.29, 1.82) is 0 Å². The molecule has 1 aliphatic carbocycles. The van der Waals surface area contributed by atoms with Crippen LogP contribution in [0.25, 0.3) is 15.3 Å². The van der Waals surface area contributed by atoms with Crippen molar-refractivity contribution < 1.29 is 14.3 Å². The second-order valence-electron chi connectivity index (χ2n) is 7.02. The highest BCUT2D eigenvalue weighted by atomic mass is 32.1. The van der Waals surface area contributed by atoms with Gasteiger partial charge in [0.2, 0.25) is 5.13 Å². The van der Waals surface area contributed by atoms with Crippen molar-refractivity contribution in [3.05, 3.63) is 65.5 Å². The molecular formula is C22H19N3O3S. The number of rotatable bonds is 4. The molecule has 0 saturated carbocycles. The summed E-state index contributed by atoms with van der Waals surface area (Å²) in [5, 5.41) is 5.29. The number of para-hydroxylation sites is 1. The van der Waals surface area contributed by atoms with Crippen LogP contribution in [0.1, 0.15) is 34.0 Å². The molecule has 2 aromatic carbocycles. The summed E-state index contributed by atoms with van der Waals surface area (Å²) >= 11 is 1.58. The molecular weight excluding hydrogens is 386 g/mol. The summed E-state index contributed by atoms with van der Waals surface area (Å²) in [6.07, 6.45) is 2.84. The second kappa shape index (κ2) is 7.00. The van der Waals surface area contributed by atoms with Gasteiger partial charge in [0.1, 0.15) is 0 Å². The molecule has 0 amide bonds. The highest BCUT2D eigenvalue weighted by molar-refractivity contribution is 7.20. The number of methoxy groups -OCH3 is 2. The normalized spacial score (nSPS) is 16.1. The fourth-order valence-electron chi connectivity index (χ4n) is 3.90. The maximum atomic E-state index is 12.8. The summed E-state index contributed by atoms with van der Waals surface area (Å²) in [4.78, 5) is 17.5. The zero-order valence-corrected chi connectivity index (χ0v) is 16.9. The SMILES string of the molecule is COc1ccc([C@H]2CC(=O)c3cnn(-c4nc5ccccc5s4)c3C2)cc1OC. The Hall–Kier alpha value is -3.19. The van der Waals surface area contributed by atoms with Crippen molar-refractivity contribution in [1.82, 2.24) is 14.8 Å². The average molecular weight is 405 g/mol. The van der Waals surface area contributed by atoms with Gasteiger partial charge in [-0.05, 0) is 42.2 Å². The third-order valence-electron chi connectivity index (χ3n) is 5.38. The molecule has 0 radical (unpaired) electrons. The van der Waals surface area contributed by atoms with Crippen LogP contribution in [0.4, 0.5) is 0 Å². The summed E-state index contributed by atoms with van der Waals surface area (Å²) in [5.41, 5.74) is 3.61. The van der Waals surface area contributed by atoms with Crippen LogP contribution in [0.5, 0.6) is 11.5 Å². The fourth-order valence-corrected chi connectivity index (χ4v) is 4.85. The van der Waals surface area contributed by atoms with E-state index in [-0.39, 0.29) is 11.7 Å². The van der Waals surface area contributed by atoms with Crippen LogP contribution in [-0.2, 0) is 6.42 Å². The lowest BCUT2D eigenvalue weighted by Gasteiger charge is -2.23. The maximum absolute atomic E-state index is 12.8. The molecule has 0 unspecified atom stereocenters. The monoisotopic (exact) mass is 405 g/mol.